The zero-order chi connectivity index (χ0) is 22.8. The van der Waals surface area contributed by atoms with Gasteiger partial charge in [0.1, 0.15) is 11.5 Å². The van der Waals surface area contributed by atoms with Crippen molar-refractivity contribution in [1.82, 2.24) is 10.4 Å². The second kappa shape index (κ2) is 8.77. The van der Waals surface area contributed by atoms with E-state index >= 15 is 0 Å². The molecule has 0 saturated heterocycles. The van der Waals surface area contributed by atoms with Gasteiger partial charge in [0.25, 0.3) is 11.8 Å². The van der Waals surface area contributed by atoms with Gasteiger partial charge in [-0.3, -0.25) is 9.59 Å². The van der Waals surface area contributed by atoms with E-state index in [4.69, 9.17) is 21.2 Å². The van der Waals surface area contributed by atoms with E-state index in [-0.39, 0.29) is 22.7 Å². The van der Waals surface area contributed by atoms with Crippen LogP contribution in [0.4, 0.5) is 4.79 Å². The first kappa shape index (κ1) is 22.3. The molecule has 0 radical (unpaired) electrons. The number of rotatable bonds is 5. The minimum atomic E-state index is -1.09. The third kappa shape index (κ3) is 5.03. The molecule has 9 heteroatoms. The maximum absolute atomic E-state index is 13.0. The first-order valence-electron chi connectivity index (χ1n) is 9.49. The molecule has 1 aliphatic heterocycles. The average molecular weight is 445 g/mol. The van der Waals surface area contributed by atoms with Crippen molar-refractivity contribution in [3.63, 3.8) is 0 Å². The van der Waals surface area contributed by atoms with Gasteiger partial charge >= 0.3 is 12.1 Å². The summed E-state index contributed by atoms with van der Waals surface area (Å²) in [6.45, 7) is 4.89. The van der Waals surface area contributed by atoms with Crippen molar-refractivity contribution in [3.05, 3.63) is 70.2 Å². The Balaban J connectivity index is 1.80. The van der Waals surface area contributed by atoms with Crippen LogP contribution in [0.3, 0.4) is 0 Å². The highest BCUT2D eigenvalue weighted by Crippen LogP contribution is 2.28. The van der Waals surface area contributed by atoms with Crippen LogP contribution in [0.15, 0.2) is 48.5 Å². The average Bonchev–Trinajstić information content (AvgIpc) is 2.93. The molecule has 31 heavy (non-hydrogen) atoms. The fourth-order valence-corrected chi connectivity index (χ4v) is 3.25. The summed E-state index contributed by atoms with van der Waals surface area (Å²) < 4.78 is 5.19. The number of amides is 3. The number of fused-ring (bicyclic) bond motifs is 1. The van der Waals surface area contributed by atoms with Gasteiger partial charge in [-0.1, -0.05) is 47.0 Å². The number of imide groups is 1. The molecule has 2 aromatic carbocycles. The summed E-state index contributed by atoms with van der Waals surface area (Å²) >= 11 is 6.23. The maximum Gasteiger partial charge on any atom is 0.407 e. The molecule has 0 spiro atoms. The summed E-state index contributed by atoms with van der Waals surface area (Å²) in [6.07, 6.45) is -0.738. The van der Waals surface area contributed by atoms with E-state index in [1.54, 1.807) is 57.2 Å². The number of hydrogen-bond acceptors (Lipinski definition) is 6. The van der Waals surface area contributed by atoms with E-state index < -0.39 is 35.4 Å². The molecule has 3 amide bonds. The van der Waals surface area contributed by atoms with E-state index in [9.17, 15) is 19.2 Å². The molecule has 0 saturated carbocycles. The first-order chi connectivity index (χ1) is 14.6. The van der Waals surface area contributed by atoms with Crippen LogP contribution in [-0.4, -0.2) is 41.1 Å². The van der Waals surface area contributed by atoms with Crippen molar-refractivity contribution in [2.45, 2.75) is 32.3 Å². The maximum atomic E-state index is 13.0. The number of nitrogens with one attached hydrogen (secondary N) is 1. The van der Waals surface area contributed by atoms with Crippen molar-refractivity contribution in [2.75, 3.05) is 6.54 Å². The number of alkyl carbamates (subject to hydrolysis) is 1. The molecule has 0 fully saturated rings. The Morgan fingerprint density at radius 1 is 1.00 bits per heavy atom. The lowest BCUT2D eigenvalue weighted by Crippen LogP contribution is -2.39. The lowest BCUT2D eigenvalue weighted by Gasteiger charge is -2.23. The fraction of sp³-hybridized carbons (Fsp3) is 0.273. The van der Waals surface area contributed by atoms with Crippen LogP contribution < -0.4 is 5.32 Å². The van der Waals surface area contributed by atoms with Crippen LogP contribution in [0.5, 0.6) is 0 Å². The summed E-state index contributed by atoms with van der Waals surface area (Å²) in [6, 6.07) is 12.7. The summed E-state index contributed by atoms with van der Waals surface area (Å²) in [5.74, 6) is -3.51. The third-order valence-corrected chi connectivity index (χ3v) is 4.70. The van der Waals surface area contributed by atoms with E-state index in [2.05, 4.69) is 5.32 Å². The normalized spacial score (nSPS) is 14.1. The van der Waals surface area contributed by atoms with E-state index in [0.717, 1.165) is 0 Å². The summed E-state index contributed by atoms with van der Waals surface area (Å²) in [4.78, 5) is 55.2. The number of ether oxygens (including phenoxy) is 1. The second-order valence-electron chi connectivity index (χ2n) is 7.82. The minimum absolute atomic E-state index is 0.140. The first-order valence-corrected chi connectivity index (χ1v) is 9.87. The van der Waals surface area contributed by atoms with Gasteiger partial charge in [-0.25, -0.2) is 9.59 Å². The van der Waals surface area contributed by atoms with Gasteiger partial charge in [0.05, 0.1) is 11.1 Å². The Morgan fingerprint density at radius 3 is 2.10 bits per heavy atom. The Labute approximate surface area is 184 Å². The highest BCUT2D eigenvalue weighted by Gasteiger charge is 2.40. The van der Waals surface area contributed by atoms with E-state index in [0.29, 0.717) is 10.6 Å². The Bertz CT molecular complexity index is 1010. The Kier molecular flexibility index (Phi) is 6.31. The number of carbonyl (C=O) groups excluding carboxylic acids is 4. The molecule has 1 heterocycles. The molecule has 1 N–H and O–H groups in total. The van der Waals surface area contributed by atoms with Crippen molar-refractivity contribution in [3.8, 4) is 0 Å². The summed E-state index contributed by atoms with van der Waals surface area (Å²) in [5, 5.41) is 3.18. The topological polar surface area (TPSA) is 102 Å². The Morgan fingerprint density at radius 2 is 1.55 bits per heavy atom. The molecule has 1 aliphatic rings. The number of halogens is 1. The van der Waals surface area contributed by atoms with Gasteiger partial charge in [0.2, 0.25) is 0 Å². The van der Waals surface area contributed by atoms with Crippen molar-refractivity contribution >= 4 is 35.5 Å². The van der Waals surface area contributed by atoms with Crippen LogP contribution in [0, 0.1) is 0 Å². The SMILES string of the molecule is CC(C)(C)OC(=O)NCC(C(=O)ON1C(=O)c2ccccc2C1=O)c1ccccc1Cl. The van der Waals surface area contributed by atoms with Gasteiger partial charge in [-0.05, 0) is 44.5 Å². The van der Waals surface area contributed by atoms with Gasteiger partial charge in [0.15, 0.2) is 0 Å². The number of hydroxylamine groups is 2. The van der Waals surface area contributed by atoms with E-state index in [1.807, 2.05) is 0 Å². The predicted octanol–water partition coefficient (Wildman–Crippen LogP) is 3.70. The standard InChI is InChI=1S/C22H21ClN2O6/c1-22(2,3)30-21(29)24-12-16(13-8-6-7-11-17(13)23)20(28)31-25-18(26)14-9-4-5-10-15(14)19(25)27/h4-11,16H,12H2,1-3H3,(H,24,29). The summed E-state index contributed by atoms with van der Waals surface area (Å²) in [7, 11) is 0. The highest BCUT2D eigenvalue weighted by molar-refractivity contribution is 6.31. The van der Waals surface area contributed by atoms with Gasteiger partial charge < -0.3 is 14.9 Å². The predicted molar refractivity (Wildman–Crippen MR) is 111 cm³/mol. The van der Waals surface area contributed by atoms with Crippen LogP contribution in [-0.2, 0) is 14.4 Å². The van der Waals surface area contributed by atoms with Crippen molar-refractivity contribution < 1.29 is 28.8 Å². The molecule has 1 atom stereocenters. The molecule has 162 valence electrons. The number of carbonyl (C=O) groups is 4. The highest BCUT2D eigenvalue weighted by atomic mass is 35.5. The molecule has 0 aliphatic carbocycles. The lowest BCUT2D eigenvalue weighted by molar-refractivity contribution is -0.170. The number of hydrogen-bond donors (Lipinski definition) is 1. The lowest BCUT2D eigenvalue weighted by atomic mass is 9.99. The second-order valence-corrected chi connectivity index (χ2v) is 8.22. The number of benzene rings is 2. The molecular weight excluding hydrogens is 424 g/mol. The van der Waals surface area contributed by atoms with Gasteiger partial charge in [0, 0.05) is 11.6 Å². The van der Waals surface area contributed by atoms with Crippen molar-refractivity contribution in [2.24, 2.45) is 0 Å². The molecule has 0 aromatic heterocycles. The van der Waals surface area contributed by atoms with Gasteiger partial charge in [-0.2, -0.15) is 0 Å². The zero-order valence-electron chi connectivity index (χ0n) is 17.2. The third-order valence-electron chi connectivity index (χ3n) is 4.35. The quantitative estimate of drug-likeness (QED) is 0.705. The van der Waals surface area contributed by atoms with E-state index in [1.165, 1.54) is 12.1 Å². The van der Waals surface area contributed by atoms with Gasteiger partial charge in [-0.15, -0.1) is 0 Å². The van der Waals surface area contributed by atoms with Crippen LogP contribution in [0.1, 0.15) is 53.0 Å². The molecule has 1 unspecified atom stereocenters. The zero-order valence-corrected chi connectivity index (χ0v) is 17.9. The molecule has 3 rings (SSSR count). The smallest absolute Gasteiger partial charge is 0.407 e. The van der Waals surface area contributed by atoms with Crippen molar-refractivity contribution in [1.29, 1.82) is 0 Å². The summed E-state index contributed by atoms with van der Waals surface area (Å²) in [5.41, 5.74) is -0.0882. The fourth-order valence-electron chi connectivity index (χ4n) is 2.98. The number of nitrogens with zero attached hydrogens (tertiary/aromatic N) is 1. The monoisotopic (exact) mass is 444 g/mol. The molecular formula is C22H21ClN2O6. The minimum Gasteiger partial charge on any atom is -0.444 e. The van der Waals surface area contributed by atoms with Crippen LogP contribution in [0.25, 0.3) is 0 Å². The Hall–Kier alpha value is -3.39. The molecule has 8 nitrogen and oxygen atoms in total. The molecule has 2 aromatic rings. The molecule has 0 bridgehead atoms. The van der Waals surface area contributed by atoms with Crippen LogP contribution >= 0.6 is 11.6 Å². The largest absolute Gasteiger partial charge is 0.444 e. The van der Waals surface area contributed by atoms with Crippen LogP contribution in [0.2, 0.25) is 5.02 Å².